The maximum atomic E-state index is 10.5. The van der Waals surface area contributed by atoms with Gasteiger partial charge in [0.15, 0.2) is 0 Å². The number of anilines is 2. The molecule has 8 aromatic rings. The first-order valence-corrected chi connectivity index (χ1v) is 21.2. The number of fused-ring (bicyclic) bond motifs is 6. The molecule has 0 amide bonds. The van der Waals surface area contributed by atoms with Gasteiger partial charge in [-0.3, -0.25) is 4.98 Å². The van der Waals surface area contributed by atoms with Crippen LogP contribution in [0.4, 0.5) is 11.4 Å². The van der Waals surface area contributed by atoms with Crippen LogP contribution in [0.25, 0.3) is 27.5 Å². The summed E-state index contributed by atoms with van der Waals surface area (Å²) in [4.78, 5) is 6.19. The van der Waals surface area contributed by atoms with Crippen molar-refractivity contribution in [1.29, 1.82) is 0 Å². The Morgan fingerprint density at radius 3 is 1.89 bits per heavy atom. The molecule has 3 heterocycles. The molecule has 53 heavy (non-hydrogen) atoms. The fourth-order valence-corrected chi connectivity index (χ4v) is 15.9. The van der Waals surface area contributed by atoms with Crippen LogP contribution in [0.1, 0.15) is 80.7 Å². The van der Waals surface area contributed by atoms with Gasteiger partial charge < -0.3 is 0 Å². The number of pyridine rings is 1. The van der Waals surface area contributed by atoms with E-state index in [4.69, 9.17) is 15.1 Å². The standard InChI is InChI=1S/C49H43GeN3/c1-48-30-14-15-31-49(48,2)53(47-29-32-51-35-44(47)48)41-27-28-46-43(34-41)42-25-12-13-26-45(42)52(46)40-24-16-23-39(33-40)50(36-17-6-3-7-18-36,37-19-8-4-9-20-37)38-21-10-5-11-22-38/h3-13,16-29,32-35H,14-15,30-31H2,1-2H3/i3D,4D,5D,6D,7D,8D,9D,10D,11D,12D,13D,16D,17D,18D,19D,20D,21D,22D,23D,24D,25D,26D,27D,28D,33D,34D. The van der Waals surface area contributed by atoms with Crippen molar-refractivity contribution in [2.45, 2.75) is 50.5 Å². The summed E-state index contributed by atoms with van der Waals surface area (Å²) in [5.41, 5.74) is -2.55. The van der Waals surface area contributed by atoms with E-state index in [1.165, 1.54) is 6.20 Å². The van der Waals surface area contributed by atoms with Crippen molar-refractivity contribution in [3.05, 3.63) is 181 Å². The predicted octanol–water partition coefficient (Wildman–Crippen LogP) is 9.30. The predicted molar refractivity (Wildman–Crippen MR) is 225 cm³/mol. The second-order valence-corrected chi connectivity index (χ2v) is 20.9. The van der Waals surface area contributed by atoms with E-state index >= 15 is 0 Å². The van der Waals surface area contributed by atoms with Crippen molar-refractivity contribution in [2.75, 3.05) is 4.90 Å². The van der Waals surface area contributed by atoms with Gasteiger partial charge in [-0.2, -0.15) is 0 Å². The van der Waals surface area contributed by atoms with Gasteiger partial charge in [-0.05, 0) is 0 Å². The van der Waals surface area contributed by atoms with Crippen LogP contribution in [0.2, 0.25) is 0 Å². The zero-order chi connectivity index (χ0) is 58.3. The number of rotatable bonds is 6. The summed E-state index contributed by atoms with van der Waals surface area (Å²) >= 11 is -7.34. The molecule has 1 saturated carbocycles. The molecule has 2 aliphatic rings. The van der Waals surface area contributed by atoms with Gasteiger partial charge in [0.25, 0.3) is 0 Å². The maximum absolute atomic E-state index is 10.5. The molecule has 1 fully saturated rings. The van der Waals surface area contributed by atoms with Crippen LogP contribution in [0, 0.1) is 0 Å². The summed E-state index contributed by atoms with van der Waals surface area (Å²) in [6.45, 7) is 4.01. The van der Waals surface area contributed by atoms with Gasteiger partial charge in [0.1, 0.15) is 0 Å². The third-order valence-electron chi connectivity index (χ3n) is 11.1. The molecule has 2 unspecified atom stereocenters. The zero-order valence-corrected chi connectivity index (χ0v) is 30.5. The van der Waals surface area contributed by atoms with E-state index in [9.17, 15) is 20.6 Å². The van der Waals surface area contributed by atoms with Crippen LogP contribution in [0.5, 0.6) is 0 Å². The Morgan fingerprint density at radius 2 is 1.19 bits per heavy atom. The first-order valence-electron chi connectivity index (χ1n) is 30.0. The average Bonchev–Trinajstić information content (AvgIpc) is 4.03. The first kappa shape index (κ1) is 15.2. The van der Waals surface area contributed by atoms with Gasteiger partial charge in [0.05, 0.1) is 0 Å². The Morgan fingerprint density at radius 1 is 0.585 bits per heavy atom. The molecule has 6 aromatic carbocycles. The van der Waals surface area contributed by atoms with Crippen molar-refractivity contribution in [1.82, 2.24) is 9.55 Å². The molecule has 1 aliphatic carbocycles. The van der Waals surface area contributed by atoms with Crippen molar-refractivity contribution in [3.63, 3.8) is 0 Å². The van der Waals surface area contributed by atoms with E-state index in [-0.39, 0.29) is 5.69 Å². The van der Waals surface area contributed by atoms with E-state index < -0.39 is 226 Å². The van der Waals surface area contributed by atoms with Gasteiger partial charge >= 0.3 is 340 Å². The van der Waals surface area contributed by atoms with Crippen molar-refractivity contribution in [3.8, 4) is 5.69 Å². The second kappa shape index (κ2) is 12.4. The van der Waals surface area contributed by atoms with Crippen LogP contribution in [-0.4, -0.2) is 28.4 Å². The summed E-state index contributed by atoms with van der Waals surface area (Å²) in [5.74, 6) is 0. The number of para-hydroxylation sites is 1. The molecule has 0 radical (unpaired) electrons. The van der Waals surface area contributed by atoms with Crippen molar-refractivity contribution >= 4 is 64.0 Å². The second-order valence-electron chi connectivity index (χ2n) is 13.5. The molecule has 10 rings (SSSR count). The fourth-order valence-electron chi connectivity index (χ4n) is 8.45. The monoisotopic (exact) mass is 773 g/mol. The molecule has 2 aromatic heterocycles. The fraction of sp³-hybridized carbons (Fsp3) is 0.163. The number of hydrogen-bond donors (Lipinski definition) is 0. The van der Waals surface area contributed by atoms with Gasteiger partial charge in [0.2, 0.25) is 0 Å². The molecule has 1 aliphatic heterocycles. The van der Waals surface area contributed by atoms with E-state index in [2.05, 4.69) is 4.98 Å². The molecule has 258 valence electrons. The Bertz CT molecular complexity index is 3870. The Balaban J connectivity index is 1.51. The minimum absolute atomic E-state index is 0.150. The zero-order valence-electron chi connectivity index (χ0n) is 54.4. The number of hydrogen-bond acceptors (Lipinski definition) is 2. The van der Waals surface area contributed by atoms with Gasteiger partial charge in [-0.25, -0.2) is 0 Å². The summed E-state index contributed by atoms with van der Waals surface area (Å²) < 4.78 is 240. The quantitative estimate of drug-likeness (QED) is 0.157. The van der Waals surface area contributed by atoms with Crippen LogP contribution < -0.4 is 22.5 Å². The van der Waals surface area contributed by atoms with Crippen LogP contribution in [0.3, 0.4) is 0 Å². The van der Waals surface area contributed by atoms with Crippen LogP contribution >= 0.6 is 0 Å². The normalized spacial score (nSPS) is 26.6. The first-order chi connectivity index (χ1) is 36.9. The molecule has 0 saturated heterocycles. The van der Waals surface area contributed by atoms with Gasteiger partial charge in [-0.1, -0.05) is 6.42 Å². The summed E-state index contributed by atoms with van der Waals surface area (Å²) in [7, 11) is 0. The van der Waals surface area contributed by atoms with Crippen molar-refractivity contribution in [2.24, 2.45) is 0 Å². The Labute approximate surface area is 351 Å². The molecule has 4 heteroatoms. The number of benzene rings is 6. The van der Waals surface area contributed by atoms with Crippen LogP contribution in [-0.2, 0) is 5.41 Å². The summed E-state index contributed by atoms with van der Waals surface area (Å²) in [5, 5.41) is -0.874. The SMILES string of the molecule is [2H]c1c([2H])c([2H])[c]([Ge]([c]2c([2H])c([2H])c([2H])c([2H])c2[2H])([c]2c([2H])c([2H])c([2H])c([2H])c2[2H])[c]2c([2H])c([2H])c([2H])c(-n3c4c([2H])c([2H])c([2H])c([2H])c4c4c([2H])c(N5c6ccncc6C6(C)CCCCC56C)c([2H])c([2H])c43)c2[2H])c([2H])c1[2H]. The molecule has 0 spiro atoms. The Hall–Kier alpha value is -5.39. The number of aromatic nitrogens is 2. The topological polar surface area (TPSA) is 21.1 Å². The molecule has 0 bridgehead atoms. The molecule has 0 N–H and O–H groups in total. The Kier molecular flexibility index (Phi) is 3.53. The third-order valence-corrected chi connectivity index (χ3v) is 19.5. The van der Waals surface area contributed by atoms with E-state index in [1.54, 1.807) is 17.2 Å². The molecule has 2 atom stereocenters. The van der Waals surface area contributed by atoms with E-state index in [1.807, 2.05) is 13.8 Å². The third kappa shape index (κ3) is 4.63. The van der Waals surface area contributed by atoms with Crippen LogP contribution in [0.15, 0.2) is 176 Å². The van der Waals surface area contributed by atoms with E-state index in [0.29, 0.717) is 18.5 Å². The molecular weight excluding hydrogens is 703 g/mol. The molecule has 3 nitrogen and oxygen atoms in total. The van der Waals surface area contributed by atoms with E-state index in [0.717, 1.165) is 23.0 Å². The minimum atomic E-state index is -7.34. The van der Waals surface area contributed by atoms with Gasteiger partial charge in [-0.15, -0.1) is 0 Å². The summed E-state index contributed by atoms with van der Waals surface area (Å²) in [6, 6.07) is -26.0. The van der Waals surface area contributed by atoms with Gasteiger partial charge in [0, 0.05) is 0 Å². The van der Waals surface area contributed by atoms with Crippen molar-refractivity contribution < 1.29 is 35.6 Å². The average molecular weight is 773 g/mol. The number of nitrogens with zero attached hydrogens (tertiary/aromatic N) is 3. The summed E-state index contributed by atoms with van der Waals surface area (Å²) in [6.07, 6.45) is 6.01. The molecular formula is C49H43GeN3.